The SMILES string of the molecule is Cc1nc(SC(F)F)[nH]c(=O)c1CCC(=O)NNC(=O)C1COc2ccccc2O1. The Morgan fingerprint density at radius 2 is 2.03 bits per heavy atom. The smallest absolute Gasteiger partial charge is 0.291 e. The van der Waals surface area contributed by atoms with Crippen LogP contribution < -0.4 is 25.9 Å². The number of nitrogens with one attached hydrogen (secondary N) is 3. The fourth-order valence-electron chi connectivity index (χ4n) is 2.68. The molecule has 0 aliphatic carbocycles. The number of alkyl halides is 2. The molecule has 12 heteroatoms. The van der Waals surface area contributed by atoms with Crippen molar-refractivity contribution in [1.82, 2.24) is 20.8 Å². The van der Waals surface area contributed by atoms with Gasteiger partial charge in [0, 0.05) is 17.7 Å². The number of hydrogen-bond donors (Lipinski definition) is 3. The Morgan fingerprint density at radius 1 is 1.30 bits per heavy atom. The van der Waals surface area contributed by atoms with Crippen molar-refractivity contribution in [2.75, 3.05) is 6.61 Å². The molecule has 9 nitrogen and oxygen atoms in total. The first kappa shape index (κ1) is 21.6. The number of benzene rings is 1. The van der Waals surface area contributed by atoms with Crippen LogP contribution in [0.15, 0.2) is 34.2 Å². The summed E-state index contributed by atoms with van der Waals surface area (Å²) in [5, 5.41) is -0.191. The molecule has 1 unspecified atom stereocenters. The Hall–Kier alpha value is -3.15. The first-order valence-corrected chi connectivity index (χ1v) is 9.73. The molecule has 1 aromatic heterocycles. The number of aryl methyl sites for hydroxylation is 1. The minimum absolute atomic E-state index is 0.0120. The molecule has 3 N–H and O–H groups in total. The van der Waals surface area contributed by atoms with Crippen LogP contribution in [0, 0.1) is 6.92 Å². The van der Waals surface area contributed by atoms with Crippen molar-refractivity contribution >= 4 is 23.6 Å². The number of aromatic nitrogens is 2. The maximum Gasteiger partial charge on any atom is 0.291 e. The monoisotopic (exact) mass is 440 g/mol. The van der Waals surface area contributed by atoms with Gasteiger partial charge in [-0.3, -0.25) is 25.2 Å². The van der Waals surface area contributed by atoms with Gasteiger partial charge in [-0.2, -0.15) is 8.78 Å². The van der Waals surface area contributed by atoms with Crippen molar-refractivity contribution in [1.29, 1.82) is 0 Å². The summed E-state index contributed by atoms with van der Waals surface area (Å²) >= 11 is 0.132. The molecule has 0 saturated carbocycles. The number of aromatic amines is 1. The van der Waals surface area contributed by atoms with Crippen molar-refractivity contribution in [3.63, 3.8) is 0 Å². The van der Waals surface area contributed by atoms with E-state index in [0.29, 0.717) is 11.5 Å². The summed E-state index contributed by atoms with van der Waals surface area (Å²) in [6.45, 7) is 1.49. The standard InChI is InChI=1S/C18H18F2N4O5S/c1-9-10(15(26)22-18(21-9)30-17(19)20)6-7-14(25)23-24-16(27)13-8-28-11-4-2-3-5-12(11)29-13/h2-5,13,17H,6-8H2,1H3,(H,23,25)(H,24,27)(H,21,22,26). The van der Waals surface area contributed by atoms with Crippen LogP contribution >= 0.6 is 11.8 Å². The van der Waals surface area contributed by atoms with E-state index in [2.05, 4.69) is 20.8 Å². The Kier molecular flexibility index (Phi) is 6.87. The summed E-state index contributed by atoms with van der Waals surface area (Å²) < 4.78 is 35.8. The summed E-state index contributed by atoms with van der Waals surface area (Å²) in [5.74, 6) is -2.91. The maximum atomic E-state index is 12.4. The molecule has 0 radical (unpaired) electrons. The van der Waals surface area contributed by atoms with E-state index < -0.39 is 29.2 Å². The third-order valence-corrected chi connectivity index (χ3v) is 4.72. The normalized spacial score (nSPS) is 15.0. The average molecular weight is 440 g/mol. The van der Waals surface area contributed by atoms with E-state index in [9.17, 15) is 23.2 Å². The summed E-state index contributed by atoms with van der Waals surface area (Å²) in [5.41, 5.74) is 4.36. The minimum atomic E-state index is -2.71. The molecule has 30 heavy (non-hydrogen) atoms. The lowest BCUT2D eigenvalue weighted by Gasteiger charge is -2.25. The lowest BCUT2D eigenvalue weighted by molar-refractivity contribution is -0.135. The Bertz CT molecular complexity index is 1000. The van der Waals surface area contributed by atoms with E-state index in [1.807, 2.05) is 0 Å². The van der Waals surface area contributed by atoms with E-state index in [1.165, 1.54) is 6.92 Å². The molecule has 1 atom stereocenters. The van der Waals surface area contributed by atoms with Gasteiger partial charge in [-0.05, 0) is 37.2 Å². The molecule has 2 amide bonds. The summed E-state index contributed by atoms with van der Waals surface area (Å²) in [6.07, 6.45) is -1.04. The van der Waals surface area contributed by atoms with Crippen LogP contribution in [0.2, 0.25) is 0 Å². The van der Waals surface area contributed by atoms with Gasteiger partial charge in [0.25, 0.3) is 17.2 Å². The zero-order chi connectivity index (χ0) is 21.7. The number of para-hydroxylation sites is 2. The van der Waals surface area contributed by atoms with Gasteiger partial charge in [0.2, 0.25) is 12.0 Å². The van der Waals surface area contributed by atoms with Gasteiger partial charge in [0.15, 0.2) is 16.7 Å². The van der Waals surface area contributed by atoms with Crippen molar-refractivity contribution < 1.29 is 27.8 Å². The molecular formula is C18H18F2N4O5S. The number of H-pyrrole nitrogens is 1. The highest BCUT2D eigenvalue weighted by Gasteiger charge is 2.27. The molecule has 160 valence electrons. The van der Waals surface area contributed by atoms with Crippen LogP contribution in [0.3, 0.4) is 0 Å². The van der Waals surface area contributed by atoms with Crippen LogP contribution in [0.25, 0.3) is 0 Å². The van der Waals surface area contributed by atoms with Crippen LogP contribution in [-0.4, -0.2) is 40.3 Å². The molecular weight excluding hydrogens is 422 g/mol. The second-order valence-electron chi connectivity index (χ2n) is 6.22. The number of nitrogens with zero attached hydrogens (tertiary/aromatic N) is 1. The number of hydrogen-bond acceptors (Lipinski definition) is 7. The fourth-order valence-corrected chi connectivity index (χ4v) is 3.19. The van der Waals surface area contributed by atoms with Crippen LogP contribution in [0.1, 0.15) is 17.7 Å². The second-order valence-corrected chi connectivity index (χ2v) is 7.19. The zero-order valence-electron chi connectivity index (χ0n) is 15.7. The van der Waals surface area contributed by atoms with Crippen molar-refractivity contribution in [2.24, 2.45) is 0 Å². The summed E-state index contributed by atoms with van der Waals surface area (Å²) in [7, 11) is 0. The van der Waals surface area contributed by atoms with Gasteiger partial charge in [0.1, 0.15) is 6.61 Å². The molecule has 1 aliphatic rings. The topological polar surface area (TPSA) is 122 Å². The van der Waals surface area contributed by atoms with Crippen LogP contribution in [-0.2, 0) is 16.0 Å². The van der Waals surface area contributed by atoms with Gasteiger partial charge in [-0.25, -0.2) is 4.98 Å². The predicted octanol–water partition coefficient (Wildman–Crippen LogP) is 1.31. The van der Waals surface area contributed by atoms with E-state index >= 15 is 0 Å². The maximum absolute atomic E-state index is 12.4. The molecule has 2 aromatic rings. The van der Waals surface area contributed by atoms with E-state index in [1.54, 1.807) is 24.3 Å². The van der Waals surface area contributed by atoms with Crippen molar-refractivity contribution in [3.8, 4) is 11.5 Å². The fraction of sp³-hybridized carbons (Fsp3) is 0.333. The molecule has 3 rings (SSSR count). The van der Waals surface area contributed by atoms with Gasteiger partial charge in [-0.15, -0.1) is 0 Å². The number of halogens is 2. The first-order chi connectivity index (χ1) is 14.3. The third-order valence-electron chi connectivity index (χ3n) is 4.13. The lowest BCUT2D eigenvalue weighted by Crippen LogP contribution is -2.50. The average Bonchev–Trinajstić information content (AvgIpc) is 2.70. The minimum Gasteiger partial charge on any atom is -0.485 e. The highest BCUT2D eigenvalue weighted by atomic mass is 32.2. The highest BCUT2D eigenvalue weighted by Crippen LogP contribution is 2.30. The van der Waals surface area contributed by atoms with Crippen molar-refractivity contribution in [3.05, 3.63) is 45.9 Å². The van der Waals surface area contributed by atoms with E-state index in [0.717, 1.165) is 0 Å². The molecule has 0 saturated heterocycles. The zero-order valence-corrected chi connectivity index (χ0v) is 16.6. The quantitative estimate of drug-likeness (QED) is 0.352. The number of carbonyl (C=O) groups is 2. The number of fused-ring (bicyclic) bond motifs is 1. The molecule has 1 aliphatic heterocycles. The number of hydrazine groups is 1. The number of carbonyl (C=O) groups excluding carboxylic acids is 2. The molecule has 1 aromatic carbocycles. The molecule has 0 spiro atoms. The Morgan fingerprint density at radius 3 is 2.73 bits per heavy atom. The number of amides is 2. The van der Waals surface area contributed by atoms with Gasteiger partial charge in [0.05, 0.1) is 0 Å². The summed E-state index contributed by atoms with van der Waals surface area (Å²) in [6, 6.07) is 6.88. The molecule has 0 bridgehead atoms. The van der Waals surface area contributed by atoms with E-state index in [-0.39, 0.29) is 47.6 Å². The highest BCUT2D eigenvalue weighted by molar-refractivity contribution is 7.99. The number of thioether (sulfide) groups is 1. The third kappa shape index (κ3) is 5.47. The van der Waals surface area contributed by atoms with Crippen molar-refractivity contribution in [2.45, 2.75) is 36.8 Å². The molecule has 2 heterocycles. The van der Waals surface area contributed by atoms with Crippen LogP contribution in [0.4, 0.5) is 8.78 Å². The van der Waals surface area contributed by atoms with Crippen LogP contribution in [0.5, 0.6) is 11.5 Å². The Balaban J connectivity index is 1.48. The largest absolute Gasteiger partial charge is 0.485 e. The van der Waals surface area contributed by atoms with Gasteiger partial charge in [-0.1, -0.05) is 12.1 Å². The first-order valence-electron chi connectivity index (χ1n) is 8.85. The Labute approximate surface area is 173 Å². The van der Waals surface area contributed by atoms with Gasteiger partial charge < -0.3 is 14.5 Å². The molecule has 0 fully saturated rings. The predicted molar refractivity (Wildman–Crippen MR) is 102 cm³/mol. The van der Waals surface area contributed by atoms with Gasteiger partial charge >= 0.3 is 0 Å². The second kappa shape index (κ2) is 9.57. The number of rotatable bonds is 6. The number of ether oxygens (including phenoxy) is 2. The van der Waals surface area contributed by atoms with E-state index in [4.69, 9.17) is 9.47 Å². The lowest BCUT2D eigenvalue weighted by atomic mass is 10.1. The summed E-state index contributed by atoms with van der Waals surface area (Å²) in [4.78, 5) is 42.4.